The number of nitrogens with zero attached hydrogens (tertiary/aromatic N) is 1. The molecule has 2 heterocycles. The standard InChI is InChI=1S/C30H40N4O/c35-29-19-18-22-25(16-11-17-26(22)34-29)31-20-9-3-1-2-4-10-21-32-30-23-12-5-7-14-27(23)33-28-15-8-6-13-24(28)30/h5,7,12,14,18-19,25,31H,1-4,6,8-11,13,15-17,20-21H2,(H,32,33)(H,34,35)/t25-/m1/s1. The molecule has 35 heavy (non-hydrogen) atoms. The second-order valence-corrected chi connectivity index (χ2v) is 10.3. The van der Waals surface area contributed by atoms with Crippen molar-refractivity contribution in [2.24, 2.45) is 0 Å². The number of pyridine rings is 2. The lowest BCUT2D eigenvalue weighted by atomic mass is 9.91. The highest BCUT2D eigenvalue weighted by atomic mass is 16.1. The van der Waals surface area contributed by atoms with Crippen LogP contribution < -0.4 is 16.2 Å². The molecular weight excluding hydrogens is 432 g/mol. The van der Waals surface area contributed by atoms with Crippen LogP contribution in [-0.2, 0) is 19.3 Å². The summed E-state index contributed by atoms with van der Waals surface area (Å²) in [5, 5.41) is 8.82. The lowest BCUT2D eigenvalue weighted by Crippen LogP contribution is -2.28. The number of H-pyrrole nitrogens is 1. The third kappa shape index (κ3) is 5.95. The van der Waals surface area contributed by atoms with Crippen molar-refractivity contribution in [2.45, 2.75) is 89.5 Å². The van der Waals surface area contributed by atoms with Gasteiger partial charge in [-0.3, -0.25) is 9.78 Å². The van der Waals surface area contributed by atoms with E-state index in [2.05, 4.69) is 39.9 Å². The number of fused-ring (bicyclic) bond motifs is 3. The molecule has 5 rings (SSSR count). The van der Waals surface area contributed by atoms with Gasteiger partial charge in [0.15, 0.2) is 0 Å². The number of aromatic amines is 1. The maximum Gasteiger partial charge on any atom is 0.248 e. The maximum atomic E-state index is 11.6. The molecule has 2 aliphatic carbocycles. The molecule has 5 heteroatoms. The molecule has 0 saturated carbocycles. The molecule has 0 saturated heterocycles. The molecule has 3 N–H and O–H groups in total. The number of unbranched alkanes of at least 4 members (excludes halogenated alkanes) is 5. The van der Waals surface area contributed by atoms with Crippen LogP contribution in [-0.4, -0.2) is 23.1 Å². The van der Waals surface area contributed by atoms with Crippen LogP contribution in [0.4, 0.5) is 5.69 Å². The summed E-state index contributed by atoms with van der Waals surface area (Å²) in [6.07, 6.45) is 15.8. The fourth-order valence-corrected chi connectivity index (χ4v) is 5.93. The summed E-state index contributed by atoms with van der Waals surface area (Å²) in [5.41, 5.74) is 7.72. The Labute approximate surface area is 209 Å². The van der Waals surface area contributed by atoms with E-state index in [-0.39, 0.29) is 5.56 Å². The van der Waals surface area contributed by atoms with Crippen molar-refractivity contribution in [2.75, 3.05) is 18.4 Å². The Balaban J connectivity index is 0.996. The van der Waals surface area contributed by atoms with Crippen molar-refractivity contribution in [1.82, 2.24) is 15.3 Å². The van der Waals surface area contributed by atoms with Gasteiger partial charge in [-0.25, -0.2) is 0 Å². The van der Waals surface area contributed by atoms with Crippen LogP contribution in [0.1, 0.15) is 92.8 Å². The summed E-state index contributed by atoms with van der Waals surface area (Å²) >= 11 is 0. The molecule has 3 aromatic rings. The number of anilines is 1. The van der Waals surface area contributed by atoms with Crippen LogP contribution in [0.3, 0.4) is 0 Å². The Hall–Kier alpha value is -2.66. The van der Waals surface area contributed by atoms with Gasteiger partial charge in [-0.15, -0.1) is 0 Å². The number of hydrogen-bond donors (Lipinski definition) is 3. The predicted molar refractivity (Wildman–Crippen MR) is 145 cm³/mol. The van der Waals surface area contributed by atoms with Gasteiger partial charge in [0.2, 0.25) is 5.56 Å². The van der Waals surface area contributed by atoms with E-state index < -0.39 is 0 Å². The highest BCUT2D eigenvalue weighted by molar-refractivity contribution is 5.93. The first kappa shape index (κ1) is 24.1. The van der Waals surface area contributed by atoms with Gasteiger partial charge in [-0.1, -0.05) is 49.9 Å². The quantitative estimate of drug-likeness (QED) is 0.290. The summed E-state index contributed by atoms with van der Waals surface area (Å²) in [7, 11) is 0. The monoisotopic (exact) mass is 472 g/mol. The van der Waals surface area contributed by atoms with E-state index in [0.717, 1.165) is 50.0 Å². The van der Waals surface area contributed by atoms with E-state index in [0.29, 0.717) is 6.04 Å². The molecule has 0 radical (unpaired) electrons. The smallest absolute Gasteiger partial charge is 0.248 e. The molecule has 0 unspecified atom stereocenters. The van der Waals surface area contributed by atoms with Gasteiger partial charge in [-0.2, -0.15) is 0 Å². The number of nitrogens with one attached hydrogen (secondary N) is 3. The largest absolute Gasteiger partial charge is 0.384 e. The molecule has 0 fully saturated rings. The SMILES string of the molecule is O=c1ccc2c([nH]1)CCC[C@H]2NCCCCCCCCNc1c2c(nc3ccccc13)CCCC2. The zero-order chi connectivity index (χ0) is 23.9. The predicted octanol–water partition coefficient (Wildman–Crippen LogP) is 6.22. The van der Waals surface area contributed by atoms with Crippen molar-refractivity contribution in [3.05, 3.63) is 69.3 Å². The fraction of sp³-hybridized carbons (Fsp3) is 0.533. The maximum absolute atomic E-state index is 11.6. The van der Waals surface area contributed by atoms with Gasteiger partial charge in [0.1, 0.15) is 0 Å². The third-order valence-electron chi connectivity index (χ3n) is 7.80. The van der Waals surface area contributed by atoms with Crippen LogP contribution in [0, 0.1) is 0 Å². The Morgan fingerprint density at radius 2 is 1.66 bits per heavy atom. The zero-order valence-electron chi connectivity index (χ0n) is 21.0. The topological polar surface area (TPSA) is 69.8 Å². The fourth-order valence-electron chi connectivity index (χ4n) is 5.93. The van der Waals surface area contributed by atoms with Gasteiger partial charge in [0, 0.05) is 41.1 Å². The zero-order valence-corrected chi connectivity index (χ0v) is 21.0. The summed E-state index contributed by atoms with van der Waals surface area (Å²) < 4.78 is 0. The highest BCUT2D eigenvalue weighted by Gasteiger charge is 2.20. The number of hydrogen-bond acceptors (Lipinski definition) is 4. The highest BCUT2D eigenvalue weighted by Crippen LogP contribution is 2.33. The van der Waals surface area contributed by atoms with Gasteiger partial charge >= 0.3 is 0 Å². The number of rotatable bonds is 11. The summed E-state index contributed by atoms with van der Waals surface area (Å²) in [5.74, 6) is 0. The second-order valence-electron chi connectivity index (χ2n) is 10.3. The van der Waals surface area contributed by atoms with Gasteiger partial charge in [0.05, 0.1) is 5.52 Å². The minimum atomic E-state index is 0.0214. The molecule has 0 bridgehead atoms. The molecule has 0 spiro atoms. The van der Waals surface area contributed by atoms with Gasteiger partial charge < -0.3 is 15.6 Å². The van der Waals surface area contributed by atoms with Crippen LogP contribution >= 0.6 is 0 Å². The van der Waals surface area contributed by atoms with E-state index in [9.17, 15) is 4.79 Å². The van der Waals surface area contributed by atoms with Crippen molar-refractivity contribution < 1.29 is 0 Å². The normalized spacial score (nSPS) is 17.2. The Morgan fingerprint density at radius 1 is 0.857 bits per heavy atom. The van der Waals surface area contributed by atoms with E-state index in [1.807, 2.05) is 6.07 Å². The molecule has 2 aromatic heterocycles. The molecule has 5 nitrogen and oxygen atoms in total. The molecular formula is C30H40N4O. The van der Waals surface area contributed by atoms with Crippen LogP contribution in [0.2, 0.25) is 0 Å². The van der Waals surface area contributed by atoms with Crippen LogP contribution in [0.5, 0.6) is 0 Å². The summed E-state index contributed by atoms with van der Waals surface area (Å²) in [6.45, 7) is 2.11. The van der Waals surface area contributed by atoms with Gasteiger partial charge in [-0.05, 0) is 81.5 Å². The van der Waals surface area contributed by atoms with E-state index in [1.54, 1.807) is 6.07 Å². The molecule has 1 atom stereocenters. The van der Waals surface area contributed by atoms with E-state index in [1.165, 1.54) is 85.7 Å². The first-order valence-electron chi connectivity index (χ1n) is 13.9. The van der Waals surface area contributed by atoms with Crippen LogP contribution in [0.25, 0.3) is 10.9 Å². The lowest BCUT2D eigenvalue weighted by Gasteiger charge is -2.26. The number of aryl methyl sites for hydroxylation is 2. The average molecular weight is 473 g/mol. The summed E-state index contributed by atoms with van der Waals surface area (Å²) in [4.78, 5) is 19.6. The Kier molecular flexibility index (Phi) is 8.14. The minimum Gasteiger partial charge on any atom is -0.384 e. The Morgan fingerprint density at radius 3 is 2.57 bits per heavy atom. The molecule has 0 aliphatic heterocycles. The first-order chi connectivity index (χ1) is 17.3. The average Bonchev–Trinajstić information content (AvgIpc) is 2.89. The van der Waals surface area contributed by atoms with Crippen molar-refractivity contribution >= 4 is 16.6 Å². The first-order valence-corrected chi connectivity index (χ1v) is 13.9. The lowest BCUT2D eigenvalue weighted by molar-refractivity contribution is 0.443. The second kappa shape index (κ2) is 11.9. The van der Waals surface area contributed by atoms with Crippen molar-refractivity contribution in [1.29, 1.82) is 0 Å². The molecule has 186 valence electrons. The number of benzene rings is 1. The Bertz CT molecular complexity index is 1180. The molecule has 0 amide bonds. The minimum absolute atomic E-state index is 0.0214. The van der Waals surface area contributed by atoms with Crippen molar-refractivity contribution in [3.8, 4) is 0 Å². The van der Waals surface area contributed by atoms with Crippen molar-refractivity contribution in [3.63, 3.8) is 0 Å². The number of aromatic nitrogens is 2. The summed E-state index contributed by atoms with van der Waals surface area (Å²) in [6, 6.07) is 12.7. The molecule has 1 aromatic carbocycles. The van der Waals surface area contributed by atoms with E-state index >= 15 is 0 Å². The number of para-hydroxylation sites is 1. The molecule has 2 aliphatic rings. The van der Waals surface area contributed by atoms with Crippen LogP contribution in [0.15, 0.2) is 41.2 Å². The van der Waals surface area contributed by atoms with E-state index in [4.69, 9.17) is 4.98 Å². The van der Waals surface area contributed by atoms with Gasteiger partial charge in [0.25, 0.3) is 0 Å². The third-order valence-corrected chi connectivity index (χ3v) is 7.80.